The first-order chi connectivity index (χ1) is 8.76. The average Bonchev–Trinajstić information content (AvgIpc) is 3.11. The fourth-order valence-corrected chi connectivity index (χ4v) is 3.36. The Bertz CT molecular complexity index is 433. The zero-order chi connectivity index (χ0) is 12.5. The molecule has 2 heterocycles. The van der Waals surface area contributed by atoms with Crippen LogP contribution in [0.5, 0.6) is 0 Å². The van der Waals surface area contributed by atoms with Gasteiger partial charge in [-0.1, -0.05) is 11.3 Å². The van der Waals surface area contributed by atoms with Crippen LogP contribution in [-0.2, 0) is 0 Å². The standard InChI is InChI=1S/C13H19N3OS/c1-10-12(9-17)18-13(14-10)16-6-4-15(5-7-16)8-11-2-3-11/h9,11H,2-8H2,1H3. The lowest BCUT2D eigenvalue weighted by Gasteiger charge is -2.34. The van der Waals surface area contributed by atoms with Gasteiger partial charge in [-0.15, -0.1) is 0 Å². The molecule has 2 aliphatic rings. The Morgan fingerprint density at radius 1 is 1.33 bits per heavy atom. The van der Waals surface area contributed by atoms with E-state index in [9.17, 15) is 4.79 Å². The molecule has 2 fully saturated rings. The number of aryl methyl sites for hydroxylation is 1. The molecule has 0 bridgehead atoms. The molecule has 3 rings (SSSR count). The monoisotopic (exact) mass is 265 g/mol. The largest absolute Gasteiger partial charge is 0.346 e. The molecule has 1 aromatic heterocycles. The minimum absolute atomic E-state index is 0.769. The van der Waals surface area contributed by atoms with Crippen LogP contribution in [0, 0.1) is 12.8 Å². The summed E-state index contributed by atoms with van der Waals surface area (Å²) in [5, 5.41) is 1.01. The summed E-state index contributed by atoms with van der Waals surface area (Å²) in [6.45, 7) is 7.53. The fourth-order valence-electron chi connectivity index (χ4n) is 2.43. The molecule has 1 aliphatic heterocycles. The van der Waals surface area contributed by atoms with E-state index < -0.39 is 0 Å². The molecule has 0 N–H and O–H groups in total. The van der Waals surface area contributed by atoms with E-state index in [2.05, 4.69) is 14.8 Å². The summed E-state index contributed by atoms with van der Waals surface area (Å²) in [6.07, 6.45) is 3.77. The number of piperazine rings is 1. The quantitative estimate of drug-likeness (QED) is 0.778. The van der Waals surface area contributed by atoms with Crippen molar-refractivity contribution in [2.75, 3.05) is 37.6 Å². The van der Waals surface area contributed by atoms with E-state index in [1.165, 1.54) is 30.7 Å². The second kappa shape index (κ2) is 4.97. The van der Waals surface area contributed by atoms with Crippen LogP contribution in [0.3, 0.4) is 0 Å². The van der Waals surface area contributed by atoms with Gasteiger partial charge in [0, 0.05) is 32.7 Å². The van der Waals surface area contributed by atoms with Crippen LogP contribution in [-0.4, -0.2) is 48.9 Å². The zero-order valence-corrected chi connectivity index (χ0v) is 11.6. The second-order valence-corrected chi connectivity index (χ2v) is 6.30. The molecule has 0 atom stereocenters. The maximum Gasteiger partial charge on any atom is 0.186 e. The summed E-state index contributed by atoms with van der Waals surface area (Å²) in [6, 6.07) is 0. The number of carbonyl (C=O) groups is 1. The van der Waals surface area contributed by atoms with E-state index in [0.717, 1.165) is 54.1 Å². The van der Waals surface area contributed by atoms with Gasteiger partial charge >= 0.3 is 0 Å². The van der Waals surface area contributed by atoms with E-state index in [1.54, 1.807) is 0 Å². The average molecular weight is 265 g/mol. The second-order valence-electron chi connectivity index (χ2n) is 5.29. The molecule has 1 saturated heterocycles. The third kappa shape index (κ3) is 2.57. The minimum atomic E-state index is 0.769. The number of hydrogen-bond acceptors (Lipinski definition) is 5. The topological polar surface area (TPSA) is 36.4 Å². The molecule has 98 valence electrons. The van der Waals surface area contributed by atoms with Crippen molar-refractivity contribution in [2.24, 2.45) is 5.92 Å². The molecule has 5 heteroatoms. The fraction of sp³-hybridized carbons (Fsp3) is 0.692. The first-order valence-corrected chi connectivity index (χ1v) is 7.48. The number of nitrogens with zero attached hydrogens (tertiary/aromatic N) is 3. The van der Waals surface area contributed by atoms with Gasteiger partial charge in [0.05, 0.1) is 10.6 Å². The minimum Gasteiger partial charge on any atom is -0.346 e. The smallest absolute Gasteiger partial charge is 0.186 e. The number of aromatic nitrogens is 1. The Morgan fingerprint density at radius 2 is 2.06 bits per heavy atom. The van der Waals surface area contributed by atoms with Gasteiger partial charge in [-0.2, -0.15) is 0 Å². The summed E-state index contributed by atoms with van der Waals surface area (Å²) >= 11 is 1.52. The van der Waals surface area contributed by atoms with E-state index in [-0.39, 0.29) is 0 Å². The molecular weight excluding hydrogens is 246 g/mol. The van der Waals surface area contributed by atoms with Crippen LogP contribution in [0.1, 0.15) is 28.2 Å². The van der Waals surface area contributed by atoms with Crippen molar-refractivity contribution in [1.82, 2.24) is 9.88 Å². The van der Waals surface area contributed by atoms with Crippen LogP contribution in [0.2, 0.25) is 0 Å². The third-order valence-corrected chi connectivity index (χ3v) is 4.93. The highest BCUT2D eigenvalue weighted by Gasteiger charge is 2.27. The summed E-state index contributed by atoms with van der Waals surface area (Å²) in [5.41, 5.74) is 0.866. The van der Waals surface area contributed by atoms with Crippen molar-refractivity contribution in [3.63, 3.8) is 0 Å². The molecule has 4 nitrogen and oxygen atoms in total. The van der Waals surface area contributed by atoms with Gasteiger partial charge in [0.15, 0.2) is 11.4 Å². The van der Waals surface area contributed by atoms with Gasteiger partial charge in [0.25, 0.3) is 0 Å². The van der Waals surface area contributed by atoms with Gasteiger partial charge in [-0.05, 0) is 25.7 Å². The van der Waals surface area contributed by atoms with Crippen molar-refractivity contribution >= 4 is 22.8 Å². The lowest BCUT2D eigenvalue weighted by molar-refractivity contribution is 0.112. The number of thiazole rings is 1. The number of anilines is 1. The van der Waals surface area contributed by atoms with Crippen LogP contribution >= 0.6 is 11.3 Å². The van der Waals surface area contributed by atoms with Gasteiger partial charge in [-0.25, -0.2) is 4.98 Å². The van der Waals surface area contributed by atoms with Crippen LogP contribution < -0.4 is 4.90 Å². The van der Waals surface area contributed by atoms with Gasteiger partial charge < -0.3 is 4.90 Å². The van der Waals surface area contributed by atoms with E-state index in [1.807, 2.05) is 6.92 Å². The van der Waals surface area contributed by atoms with Crippen molar-refractivity contribution in [3.05, 3.63) is 10.6 Å². The van der Waals surface area contributed by atoms with E-state index in [4.69, 9.17) is 0 Å². The maximum absolute atomic E-state index is 10.8. The highest BCUT2D eigenvalue weighted by atomic mass is 32.1. The zero-order valence-electron chi connectivity index (χ0n) is 10.8. The molecule has 1 aliphatic carbocycles. The molecular formula is C13H19N3OS. The molecule has 0 amide bonds. The predicted molar refractivity (Wildman–Crippen MR) is 73.6 cm³/mol. The SMILES string of the molecule is Cc1nc(N2CCN(CC3CC3)CC2)sc1C=O. The highest BCUT2D eigenvalue weighted by Crippen LogP contribution is 2.30. The summed E-state index contributed by atoms with van der Waals surface area (Å²) in [7, 11) is 0. The number of hydrogen-bond donors (Lipinski definition) is 0. The van der Waals surface area contributed by atoms with E-state index >= 15 is 0 Å². The Hall–Kier alpha value is -0.940. The van der Waals surface area contributed by atoms with Crippen molar-refractivity contribution in [2.45, 2.75) is 19.8 Å². The number of aldehydes is 1. The van der Waals surface area contributed by atoms with Crippen LogP contribution in [0.4, 0.5) is 5.13 Å². The number of carbonyl (C=O) groups excluding carboxylic acids is 1. The summed E-state index contributed by atoms with van der Waals surface area (Å²) in [5.74, 6) is 0.973. The lowest BCUT2D eigenvalue weighted by atomic mass is 10.3. The maximum atomic E-state index is 10.8. The molecule has 0 unspecified atom stereocenters. The molecule has 1 aromatic rings. The highest BCUT2D eigenvalue weighted by molar-refractivity contribution is 7.17. The molecule has 0 radical (unpaired) electrons. The lowest BCUT2D eigenvalue weighted by Crippen LogP contribution is -2.47. The van der Waals surface area contributed by atoms with Crippen molar-refractivity contribution in [3.8, 4) is 0 Å². The first-order valence-electron chi connectivity index (χ1n) is 6.66. The van der Waals surface area contributed by atoms with Gasteiger partial charge in [0.1, 0.15) is 0 Å². The molecule has 18 heavy (non-hydrogen) atoms. The molecule has 0 spiro atoms. The Labute approximate surface area is 112 Å². The third-order valence-electron chi connectivity index (χ3n) is 3.78. The van der Waals surface area contributed by atoms with Crippen molar-refractivity contribution in [1.29, 1.82) is 0 Å². The van der Waals surface area contributed by atoms with Gasteiger partial charge in [0.2, 0.25) is 0 Å². The van der Waals surface area contributed by atoms with Crippen LogP contribution in [0.15, 0.2) is 0 Å². The molecule has 0 aromatic carbocycles. The normalized spacial score (nSPS) is 21.3. The molecule has 1 saturated carbocycles. The first kappa shape index (κ1) is 12.1. The van der Waals surface area contributed by atoms with Crippen LogP contribution in [0.25, 0.3) is 0 Å². The summed E-state index contributed by atoms with van der Waals surface area (Å²) in [4.78, 5) is 21.0. The summed E-state index contributed by atoms with van der Waals surface area (Å²) < 4.78 is 0. The number of rotatable bonds is 4. The Balaban J connectivity index is 1.58. The van der Waals surface area contributed by atoms with E-state index in [0.29, 0.717) is 0 Å². The predicted octanol–water partition coefficient (Wildman–Crippen LogP) is 1.80. The van der Waals surface area contributed by atoms with Crippen molar-refractivity contribution < 1.29 is 4.79 Å². The Morgan fingerprint density at radius 3 is 2.61 bits per heavy atom. The van der Waals surface area contributed by atoms with Gasteiger partial charge in [-0.3, -0.25) is 9.69 Å². The Kier molecular flexibility index (Phi) is 3.35.